The van der Waals surface area contributed by atoms with Crippen molar-refractivity contribution >= 4 is 35.6 Å². The zero-order valence-electron chi connectivity index (χ0n) is 19.3. The van der Waals surface area contributed by atoms with Crippen LogP contribution < -0.4 is 27.4 Å². The Labute approximate surface area is 192 Å². The van der Waals surface area contributed by atoms with Gasteiger partial charge in [-0.3, -0.25) is 24.0 Å². The molecular weight excluding hydrogens is 438 g/mol. The lowest BCUT2D eigenvalue weighted by atomic mass is 9.96. The minimum atomic E-state index is -1.48. The summed E-state index contributed by atoms with van der Waals surface area (Å²) in [6, 6.07) is -5.06. The topological polar surface area (TPSA) is 231 Å². The number of hydrogen-bond acceptors (Lipinski definition) is 7. The Bertz CT molecular complexity index is 742. The number of nitrogens with one attached hydrogen (secondary N) is 3. The van der Waals surface area contributed by atoms with E-state index in [2.05, 4.69) is 16.0 Å². The van der Waals surface area contributed by atoms with Gasteiger partial charge in [-0.1, -0.05) is 34.1 Å². The van der Waals surface area contributed by atoms with Crippen LogP contribution in [0, 0.1) is 11.8 Å². The summed E-state index contributed by atoms with van der Waals surface area (Å²) >= 11 is 0. The number of carbonyl (C=O) groups excluding carboxylic acids is 4. The van der Waals surface area contributed by atoms with Gasteiger partial charge in [-0.2, -0.15) is 0 Å². The Hall–Kier alpha value is -3.22. The van der Waals surface area contributed by atoms with Crippen molar-refractivity contribution in [3.8, 4) is 0 Å². The highest BCUT2D eigenvalue weighted by atomic mass is 16.4. The third-order valence-electron chi connectivity index (χ3n) is 5.11. The van der Waals surface area contributed by atoms with E-state index in [1.54, 1.807) is 27.7 Å². The van der Waals surface area contributed by atoms with Crippen molar-refractivity contribution in [2.45, 2.75) is 77.5 Å². The van der Waals surface area contributed by atoms with E-state index in [0.717, 1.165) is 0 Å². The first kappa shape index (κ1) is 29.8. The summed E-state index contributed by atoms with van der Waals surface area (Å²) in [6.45, 7) is 6.76. The van der Waals surface area contributed by atoms with E-state index in [-0.39, 0.29) is 12.3 Å². The molecule has 188 valence electrons. The van der Waals surface area contributed by atoms with Gasteiger partial charge in [0.25, 0.3) is 0 Å². The number of nitrogens with two attached hydrogens (primary N) is 2. The fourth-order valence-electron chi connectivity index (χ4n) is 2.72. The van der Waals surface area contributed by atoms with E-state index in [1.807, 2.05) is 0 Å². The maximum absolute atomic E-state index is 12.8. The van der Waals surface area contributed by atoms with Gasteiger partial charge in [0.1, 0.15) is 18.1 Å². The van der Waals surface area contributed by atoms with E-state index in [0.29, 0.717) is 6.42 Å². The van der Waals surface area contributed by atoms with Crippen LogP contribution in [0.4, 0.5) is 0 Å². The monoisotopic (exact) mass is 473 g/mol. The minimum Gasteiger partial charge on any atom is -0.481 e. The molecule has 5 unspecified atom stereocenters. The number of hydrogen-bond donors (Lipinski definition) is 7. The molecule has 0 heterocycles. The molecule has 4 amide bonds. The van der Waals surface area contributed by atoms with E-state index >= 15 is 0 Å². The molecule has 0 saturated carbocycles. The third kappa shape index (κ3) is 10.8. The number of carboxylic acid groups (broad SMARTS) is 2. The van der Waals surface area contributed by atoms with Gasteiger partial charge < -0.3 is 37.6 Å². The first-order valence-corrected chi connectivity index (χ1v) is 10.6. The maximum atomic E-state index is 12.8. The first-order chi connectivity index (χ1) is 15.2. The van der Waals surface area contributed by atoms with E-state index < -0.39 is 78.5 Å². The highest BCUT2D eigenvalue weighted by molar-refractivity contribution is 5.96. The molecule has 13 heteroatoms. The second-order valence-corrected chi connectivity index (χ2v) is 8.21. The number of rotatable bonds is 15. The molecular formula is C20H35N5O8. The molecule has 0 aromatic heterocycles. The Morgan fingerprint density at radius 1 is 0.848 bits per heavy atom. The quantitative estimate of drug-likeness (QED) is 0.143. The summed E-state index contributed by atoms with van der Waals surface area (Å²) in [7, 11) is 0. The summed E-state index contributed by atoms with van der Waals surface area (Å²) in [5.74, 6) is -6.67. The van der Waals surface area contributed by atoms with Crippen molar-refractivity contribution in [2.75, 3.05) is 0 Å². The van der Waals surface area contributed by atoms with Crippen molar-refractivity contribution < 1.29 is 39.0 Å². The Balaban J connectivity index is 5.59. The normalized spacial score (nSPS) is 15.5. The molecule has 0 aliphatic carbocycles. The van der Waals surface area contributed by atoms with Crippen molar-refractivity contribution in [2.24, 2.45) is 23.3 Å². The predicted octanol–water partition coefficient (Wildman–Crippen LogP) is -1.70. The summed E-state index contributed by atoms with van der Waals surface area (Å²) in [6.07, 6.45) is -0.977. The lowest BCUT2D eigenvalue weighted by molar-refractivity contribution is -0.144. The van der Waals surface area contributed by atoms with Gasteiger partial charge in [-0.05, 0) is 18.3 Å². The third-order valence-corrected chi connectivity index (χ3v) is 5.11. The molecule has 0 rings (SSSR count). The Kier molecular flexibility index (Phi) is 12.7. The number of aliphatic carboxylic acids is 2. The molecule has 9 N–H and O–H groups in total. The summed E-state index contributed by atoms with van der Waals surface area (Å²) < 4.78 is 0. The predicted molar refractivity (Wildman–Crippen MR) is 116 cm³/mol. The Morgan fingerprint density at radius 3 is 1.82 bits per heavy atom. The van der Waals surface area contributed by atoms with Gasteiger partial charge in [-0.15, -0.1) is 0 Å². The van der Waals surface area contributed by atoms with Crippen LogP contribution >= 0.6 is 0 Å². The van der Waals surface area contributed by atoms with Crippen LogP contribution in [0.25, 0.3) is 0 Å². The molecule has 0 aliphatic heterocycles. The molecule has 0 spiro atoms. The molecule has 0 radical (unpaired) electrons. The maximum Gasteiger partial charge on any atom is 0.326 e. The van der Waals surface area contributed by atoms with Gasteiger partial charge in [0.05, 0.1) is 12.5 Å². The van der Waals surface area contributed by atoms with Crippen molar-refractivity contribution in [3.05, 3.63) is 0 Å². The van der Waals surface area contributed by atoms with Crippen LogP contribution in [0.3, 0.4) is 0 Å². The van der Waals surface area contributed by atoms with E-state index in [1.165, 1.54) is 0 Å². The summed E-state index contributed by atoms with van der Waals surface area (Å²) in [5.41, 5.74) is 11.0. The first-order valence-electron chi connectivity index (χ1n) is 10.6. The van der Waals surface area contributed by atoms with Crippen LogP contribution in [0.2, 0.25) is 0 Å². The second kappa shape index (κ2) is 14.0. The van der Waals surface area contributed by atoms with Gasteiger partial charge in [0.2, 0.25) is 23.6 Å². The van der Waals surface area contributed by atoms with Gasteiger partial charge >= 0.3 is 11.9 Å². The average molecular weight is 474 g/mol. The second-order valence-electron chi connectivity index (χ2n) is 8.21. The number of primary amides is 1. The smallest absolute Gasteiger partial charge is 0.326 e. The SMILES string of the molecule is CCC(C)C(NC(=O)C(CC(N)=O)NC(=O)C(N)C(C)C)C(=O)NC(CCC(=O)O)C(=O)O. The fourth-order valence-corrected chi connectivity index (χ4v) is 2.72. The zero-order valence-corrected chi connectivity index (χ0v) is 19.3. The molecule has 0 aromatic rings. The van der Waals surface area contributed by atoms with Crippen molar-refractivity contribution in [1.82, 2.24) is 16.0 Å². The number of carbonyl (C=O) groups is 6. The molecule has 13 nitrogen and oxygen atoms in total. The highest BCUT2D eigenvalue weighted by Gasteiger charge is 2.33. The van der Waals surface area contributed by atoms with Crippen LogP contribution in [-0.2, 0) is 28.8 Å². The standard InChI is InChI=1S/C20H35N5O8/c1-5-10(4)16(19(31)23-11(20(32)33)6-7-14(27)28)25-17(29)12(8-13(21)26)24-18(30)15(22)9(2)3/h9-12,15-16H,5-8,22H2,1-4H3,(H2,21,26)(H,23,31)(H,24,30)(H,25,29)(H,27,28)(H,32,33). The molecule has 0 fully saturated rings. The average Bonchev–Trinajstić information content (AvgIpc) is 2.71. The zero-order chi connectivity index (χ0) is 25.9. The largest absolute Gasteiger partial charge is 0.481 e. The van der Waals surface area contributed by atoms with Crippen LogP contribution in [0.1, 0.15) is 53.4 Å². The molecule has 0 bridgehead atoms. The molecule has 0 aromatic carbocycles. The Morgan fingerprint density at radius 2 is 1.39 bits per heavy atom. The minimum absolute atomic E-state index is 0.250. The van der Waals surface area contributed by atoms with Crippen LogP contribution in [0.5, 0.6) is 0 Å². The lowest BCUT2D eigenvalue weighted by Gasteiger charge is -2.28. The van der Waals surface area contributed by atoms with Gasteiger partial charge in [0, 0.05) is 6.42 Å². The van der Waals surface area contributed by atoms with Gasteiger partial charge in [0.15, 0.2) is 0 Å². The lowest BCUT2D eigenvalue weighted by Crippen LogP contribution is -2.59. The molecule has 5 atom stereocenters. The fraction of sp³-hybridized carbons (Fsp3) is 0.700. The number of carboxylic acids is 2. The van der Waals surface area contributed by atoms with E-state index in [9.17, 15) is 33.9 Å². The van der Waals surface area contributed by atoms with E-state index in [4.69, 9.17) is 16.6 Å². The molecule has 0 saturated heterocycles. The molecule has 33 heavy (non-hydrogen) atoms. The van der Waals surface area contributed by atoms with Crippen LogP contribution in [-0.4, -0.2) is 69.9 Å². The van der Waals surface area contributed by atoms with Crippen LogP contribution in [0.15, 0.2) is 0 Å². The number of amides is 4. The van der Waals surface area contributed by atoms with Crippen molar-refractivity contribution in [1.29, 1.82) is 0 Å². The highest BCUT2D eigenvalue weighted by Crippen LogP contribution is 2.11. The summed E-state index contributed by atoms with van der Waals surface area (Å²) in [4.78, 5) is 71.4. The summed E-state index contributed by atoms with van der Waals surface area (Å²) in [5, 5.41) is 25.1. The van der Waals surface area contributed by atoms with Gasteiger partial charge in [-0.25, -0.2) is 4.79 Å². The van der Waals surface area contributed by atoms with Crippen molar-refractivity contribution in [3.63, 3.8) is 0 Å². The molecule has 0 aliphatic rings.